The molecule has 0 bridgehead atoms. The molecule has 0 radical (unpaired) electrons. The molecule has 0 aliphatic carbocycles. The van der Waals surface area contributed by atoms with Crippen LogP contribution in [0.2, 0.25) is 0 Å². The third-order valence-corrected chi connectivity index (χ3v) is 3.26. The van der Waals surface area contributed by atoms with Gasteiger partial charge in [-0.2, -0.15) is 0 Å². The van der Waals surface area contributed by atoms with Crippen molar-refractivity contribution in [2.75, 3.05) is 13.2 Å². The summed E-state index contributed by atoms with van der Waals surface area (Å²) in [5.74, 6) is 0.283. The molecule has 1 unspecified atom stereocenters. The van der Waals surface area contributed by atoms with Crippen molar-refractivity contribution < 1.29 is 13.5 Å². The van der Waals surface area contributed by atoms with Crippen LogP contribution in [0.4, 0.5) is 0 Å². The van der Waals surface area contributed by atoms with Crippen molar-refractivity contribution in [3.05, 3.63) is 0 Å². The van der Waals surface area contributed by atoms with Gasteiger partial charge in [-0.05, 0) is 12.8 Å². The molecule has 0 aliphatic heterocycles. The topological polar surface area (TPSA) is 66.4 Å². The van der Waals surface area contributed by atoms with Crippen LogP contribution in [-0.4, -0.2) is 31.9 Å². The molecule has 0 saturated carbocycles. The summed E-state index contributed by atoms with van der Waals surface area (Å²) >= 11 is 0. The molecular formula is C7H17NO3S. The first-order chi connectivity index (χ1) is 5.40. The van der Waals surface area contributed by atoms with E-state index in [2.05, 4.69) is 4.72 Å². The summed E-state index contributed by atoms with van der Waals surface area (Å²) in [6.07, 6.45) is 0. The zero-order valence-corrected chi connectivity index (χ0v) is 8.56. The van der Waals surface area contributed by atoms with Gasteiger partial charge >= 0.3 is 0 Å². The van der Waals surface area contributed by atoms with Crippen molar-refractivity contribution in [2.24, 2.45) is 5.92 Å². The van der Waals surface area contributed by atoms with E-state index in [1.165, 1.54) is 6.92 Å². The van der Waals surface area contributed by atoms with E-state index in [9.17, 15) is 8.42 Å². The monoisotopic (exact) mass is 195 g/mol. The lowest BCUT2D eigenvalue weighted by Crippen LogP contribution is -2.36. The number of aliphatic hydroxyl groups excluding tert-OH is 1. The molecule has 0 amide bonds. The molecule has 0 aromatic carbocycles. The first-order valence-electron chi connectivity index (χ1n) is 3.99. The normalized spacial score (nSPS) is 15.1. The summed E-state index contributed by atoms with van der Waals surface area (Å²) in [7, 11) is -3.31. The fourth-order valence-electron chi connectivity index (χ4n) is 0.523. The minimum Gasteiger partial charge on any atom is -0.395 e. The van der Waals surface area contributed by atoms with Crippen molar-refractivity contribution in [1.29, 1.82) is 0 Å². The number of nitrogens with one attached hydrogen (secondary N) is 1. The van der Waals surface area contributed by atoms with E-state index >= 15 is 0 Å². The van der Waals surface area contributed by atoms with E-state index in [-0.39, 0.29) is 12.5 Å². The SMILES string of the molecule is CC(C)CNS(=O)(=O)C(C)CO. The lowest BCUT2D eigenvalue weighted by molar-refractivity contribution is 0.294. The van der Waals surface area contributed by atoms with Crippen molar-refractivity contribution in [2.45, 2.75) is 26.0 Å². The van der Waals surface area contributed by atoms with E-state index in [1.807, 2.05) is 13.8 Å². The molecule has 0 aromatic heterocycles. The van der Waals surface area contributed by atoms with Crippen LogP contribution in [0, 0.1) is 5.92 Å². The smallest absolute Gasteiger partial charge is 0.216 e. The predicted molar refractivity (Wildman–Crippen MR) is 48.3 cm³/mol. The Morgan fingerprint density at radius 1 is 1.33 bits per heavy atom. The van der Waals surface area contributed by atoms with Crippen LogP contribution in [0.15, 0.2) is 0 Å². The molecule has 74 valence electrons. The fraction of sp³-hybridized carbons (Fsp3) is 1.00. The van der Waals surface area contributed by atoms with Gasteiger partial charge in [-0.1, -0.05) is 13.8 Å². The van der Waals surface area contributed by atoms with Crippen molar-refractivity contribution in [1.82, 2.24) is 4.72 Å². The van der Waals surface area contributed by atoms with Crippen LogP contribution in [0.5, 0.6) is 0 Å². The molecule has 0 rings (SSSR count). The molecule has 0 aromatic rings. The van der Waals surface area contributed by atoms with E-state index in [0.717, 1.165) is 0 Å². The Labute approximate surface area is 74.0 Å². The average Bonchev–Trinajstić information content (AvgIpc) is 1.99. The molecule has 0 spiro atoms. The highest BCUT2D eigenvalue weighted by Crippen LogP contribution is 1.98. The van der Waals surface area contributed by atoms with Crippen LogP contribution in [-0.2, 0) is 10.0 Å². The largest absolute Gasteiger partial charge is 0.395 e. The second-order valence-electron chi connectivity index (χ2n) is 3.28. The molecular weight excluding hydrogens is 178 g/mol. The molecule has 1 atom stereocenters. The highest BCUT2D eigenvalue weighted by Gasteiger charge is 2.18. The highest BCUT2D eigenvalue weighted by molar-refractivity contribution is 7.90. The van der Waals surface area contributed by atoms with Gasteiger partial charge in [-0.25, -0.2) is 13.1 Å². The Morgan fingerprint density at radius 3 is 2.17 bits per heavy atom. The quantitative estimate of drug-likeness (QED) is 0.646. The van der Waals surface area contributed by atoms with E-state index < -0.39 is 15.3 Å². The summed E-state index contributed by atoms with van der Waals surface area (Å²) in [5.41, 5.74) is 0. The Kier molecular flexibility index (Phi) is 4.74. The van der Waals surface area contributed by atoms with Crippen LogP contribution >= 0.6 is 0 Å². The number of rotatable bonds is 5. The maximum atomic E-state index is 11.2. The Balaban J connectivity index is 4.06. The first-order valence-corrected chi connectivity index (χ1v) is 5.54. The van der Waals surface area contributed by atoms with Gasteiger partial charge in [0.2, 0.25) is 10.0 Å². The standard InChI is InChI=1S/C7H17NO3S/c1-6(2)4-8-12(10,11)7(3)5-9/h6-9H,4-5H2,1-3H3. The summed E-state index contributed by atoms with van der Waals surface area (Å²) in [6.45, 7) is 5.40. The van der Waals surface area contributed by atoms with Gasteiger partial charge in [0.25, 0.3) is 0 Å². The maximum Gasteiger partial charge on any atom is 0.216 e. The summed E-state index contributed by atoms with van der Waals surface area (Å²) in [4.78, 5) is 0. The second-order valence-corrected chi connectivity index (χ2v) is 5.46. The van der Waals surface area contributed by atoms with Crippen molar-refractivity contribution in [3.8, 4) is 0 Å². The van der Waals surface area contributed by atoms with Gasteiger partial charge in [0, 0.05) is 6.54 Å². The summed E-state index contributed by atoms with van der Waals surface area (Å²) in [5, 5.41) is 7.89. The highest BCUT2D eigenvalue weighted by atomic mass is 32.2. The van der Waals surface area contributed by atoms with Crippen LogP contribution in [0.1, 0.15) is 20.8 Å². The van der Waals surface area contributed by atoms with E-state index in [1.54, 1.807) is 0 Å². The third kappa shape index (κ3) is 4.04. The summed E-state index contributed by atoms with van der Waals surface area (Å²) < 4.78 is 24.8. The molecule has 0 fully saturated rings. The second kappa shape index (κ2) is 4.79. The lowest BCUT2D eigenvalue weighted by Gasteiger charge is -2.12. The zero-order valence-electron chi connectivity index (χ0n) is 7.74. The van der Waals surface area contributed by atoms with Gasteiger partial charge in [0.1, 0.15) is 0 Å². The van der Waals surface area contributed by atoms with Gasteiger partial charge in [-0.3, -0.25) is 0 Å². The Bertz CT molecular complexity index is 211. The average molecular weight is 195 g/mol. The van der Waals surface area contributed by atoms with Crippen molar-refractivity contribution >= 4 is 10.0 Å². The molecule has 12 heavy (non-hydrogen) atoms. The molecule has 0 aliphatic rings. The number of sulfonamides is 1. The Hall–Kier alpha value is -0.130. The van der Waals surface area contributed by atoms with E-state index in [0.29, 0.717) is 6.54 Å². The number of aliphatic hydroxyl groups is 1. The minimum absolute atomic E-state index is 0.283. The zero-order chi connectivity index (χ0) is 9.78. The summed E-state index contributed by atoms with van der Waals surface area (Å²) in [6, 6.07) is 0. The lowest BCUT2D eigenvalue weighted by atomic mass is 10.2. The van der Waals surface area contributed by atoms with Gasteiger partial charge < -0.3 is 5.11 Å². The third-order valence-electron chi connectivity index (χ3n) is 1.48. The predicted octanol–water partition coefficient (Wildman–Crippen LogP) is -0.0574. The molecule has 0 saturated heterocycles. The van der Waals surface area contributed by atoms with Gasteiger partial charge in [0.15, 0.2) is 0 Å². The Morgan fingerprint density at radius 2 is 1.83 bits per heavy atom. The van der Waals surface area contributed by atoms with Crippen LogP contribution < -0.4 is 4.72 Å². The van der Waals surface area contributed by atoms with Gasteiger partial charge in [-0.15, -0.1) is 0 Å². The molecule has 4 nitrogen and oxygen atoms in total. The maximum absolute atomic E-state index is 11.2. The minimum atomic E-state index is -3.31. The van der Waals surface area contributed by atoms with Crippen LogP contribution in [0.3, 0.4) is 0 Å². The fourth-order valence-corrected chi connectivity index (χ4v) is 1.57. The molecule has 5 heteroatoms. The van der Waals surface area contributed by atoms with E-state index in [4.69, 9.17) is 5.11 Å². The molecule has 0 heterocycles. The van der Waals surface area contributed by atoms with Gasteiger partial charge in [0.05, 0.1) is 11.9 Å². The van der Waals surface area contributed by atoms with Crippen molar-refractivity contribution in [3.63, 3.8) is 0 Å². The number of hydrogen-bond acceptors (Lipinski definition) is 3. The molecule has 2 N–H and O–H groups in total. The van der Waals surface area contributed by atoms with Crippen LogP contribution in [0.25, 0.3) is 0 Å². The first kappa shape index (κ1) is 11.9. The number of hydrogen-bond donors (Lipinski definition) is 2.